The summed E-state index contributed by atoms with van der Waals surface area (Å²) in [6, 6.07) is 13.8. The maximum absolute atomic E-state index is 14.2. The lowest BCUT2D eigenvalue weighted by Crippen LogP contribution is -2.29. The number of aldehydes is 1. The number of benzene rings is 3. The van der Waals surface area contributed by atoms with Gasteiger partial charge in [-0.05, 0) is 191 Å². The standard InChI is InChI=1S/C24H35FN2O5S.C24H38FNO4S.C21H34FNO3S.C4H6O3.CH4/c1-24(2,3)19(18-9-10-20(25)21(13-18)32-15-17-7-8-17)16-33(30,31)12-6-4-5-11-27-14-22(28)26-23(27)29;1-18(27)15-26-12-6-5-7-13-31(28,29)17-21(24(2,3)4)20-10-11-22(25)23(14-20)30-16-19-8-9-19;1-21(2,3)18(15-27(24,25)12-6-4-5-11-23)17-9-10-19(22)20(13-17)26-14-16-7-8-16;1-2-7-4(6)3-5;/h9-10,13,17,19H,4-8,11-12,14-16H2,1-3H3,(H,26,28,29);10-11,14,19,21,26H,5-9,12-13,15-17H2,1-4H3;9-10,13,16,18H,4-8,11-12,14-15,23H2,1-3H3;3H,2H2,1H3;1H4. The molecule has 7 rings (SSSR count). The number of sulfone groups is 3. The largest absolute Gasteiger partial charge is 0.490 e. The summed E-state index contributed by atoms with van der Waals surface area (Å²) >= 11 is 0. The van der Waals surface area contributed by atoms with Crippen molar-refractivity contribution >= 4 is 59.5 Å². The first kappa shape index (κ1) is 87.6. The Hall–Kier alpha value is -5.63. The van der Waals surface area contributed by atoms with Crippen molar-refractivity contribution in [1.82, 2.24) is 15.5 Å². The van der Waals surface area contributed by atoms with Crippen LogP contribution in [0.5, 0.6) is 17.2 Å². The molecular weight excluding hydrogens is 1340 g/mol. The fourth-order valence-corrected chi connectivity index (χ4v) is 16.9. The second-order valence-corrected chi connectivity index (χ2v) is 36.6. The van der Waals surface area contributed by atoms with Gasteiger partial charge in [0.2, 0.25) is 12.2 Å². The lowest BCUT2D eigenvalue weighted by atomic mass is 9.77. The fourth-order valence-electron chi connectivity index (χ4n) is 10.9. The van der Waals surface area contributed by atoms with Gasteiger partial charge in [0.1, 0.15) is 12.3 Å². The number of ketones is 1. The van der Waals surface area contributed by atoms with Crippen molar-refractivity contribution in [2.45, 2.75) is 198 Å². The molecule has 0 radical (unpaired) electrons. The molecule has 4 N–H and O–H groups in total. The normalized spacial score (nSPS) is 15.8. The third-order valence-electron chi connectivity index (χ3n) is 17.5. The molecule has 3 atom stereocenters. The molecule has 562 valence electrons. The van der Waals surface area contributed by atoms with Crippen LogP contribution >= 0.6 is 0 Å². The van der Waals surface area contributed by atoms with Gasteiger partial charge in [-0.2, -0.15) is 0 Å². The second-order valence-electron chi connectivity index (χ2n) is 29.9. The summed E-state index contributed by atoms with van der Waals surface area (Å²) in [6.07, 6.45) is 13.2. The van der Waals surface area contributed by atoms with E-state index in [1.54, 1.807) is 43.3 Å². The third kappa shape index (κ3) is 35.2. The van der Waals surface area contributed by atoms with Crippen LogP contribution in [-0.2, 0) is 53.4 Å². The van der Waals surface area contributed by atoms with Gasteiger partial charge in [0.25, 0.3) is 0 Å². The monoisotopic (exact) mass is 1450 g/mol. The van der Waals surface area contributed by atoms with Crippen LogP contribution in [0.25, 0.3) is 0 Å². The quantitative estimate of drug-likeness (QED) is 0.0157. The highest BCUT2D eigenvalue weighted by Gasteiger charge is 2.36. The Kier molecular flexibility index (Phi) is 36.7. The molecule has 25 heteroatoms. The molecule has 4 fully saturated rings. The maximum atomic E-state index is 14.2. The summed E-state index contributed by atoms with van der Waals surface area (Å²) in [7, 11) is -9.82. The van der Waals surface area contributed by atoms with Crippen LogP contribution in [0.15, 0.2) is 54.6 Å². The zero-order chi connectivity index (χ0) is 73.1. The van der Waals surface area contributed by atoms with Crippen LogP contribution in [0, 0.1) is 51.5 Å². The number of halogens is 3. The molecule has 0 aromatic heterocycles. The average molecular weight is 1460 g/mol. The van der Waals surface area contributed by atoms with Crippen LogP contribution in [0.4, 0.5) is 18.0 Å². The van der Waals surface area contributed by atoms with E-state index in [0.29, 0.717) is 95.9 Å². The van der Waals surface area contributed by atoms with Crippen LogP contribution in [0.2, 0.25) is 0 Å². The van der Waals surface area contributed by atoms with Gasteiger partial charge < -0.3 is 34.9 Å². The zero-order valence-electron chi connectivity index (χ0n) is 60.0. The van der Waals surface area contributed by atoms with Crippen LogP contribution in [0.1, 0.15) is 214 Å². The van der Waals surface area contributed by atoms with E-state index in [1.165, 1.54) is 30.0 Å². The van der Waals surface area contributed by atoms with Crippen molar-refractivity contribution in [2.75, 3.05) is 93.7 Å². The average Bonchev–Trinajstić information content (AvgIpc) is 1.63. The summed E-state index contributed by atoms with van der Waals surface area (Å²) in [5, 5.41) is 5.27. The number of Topliss-reactive ketones (excluding diaryl/α,β-unsaturated/α-hetero) is 1. The Morgan fingerprint density at radius 3 is 1.22 bits per heavy atom. The molecular formula is C74H117F3N4O15S3. The van der Waals surface area contributed by atoms with E-state index in [1.807, 2.05) is 62.3 Å². The molecule has 3 saturated carbocycles. The summed E-state index contributed by atoms with van der Waals surface area (Å²) < 4.78 is 141. The Bertz CT molecular complexity index is 3380. The van der Waals surface area contributed by atoms with Crippen LogP contribution < -0.4 is 30.6 Å². The van der Waals surface area contributed by atoms with E-state index >= 15 is 0 Å². The van der Waals surface area contributed by atoms with Crippen molar-refractivity contribution in [3.8, 4) is 17.2 Å². The van der Waals surface area contributed by atoms with Gasteiger partial charge in [-0.15, -0.1) is 0 Å². The summed E-state index contributed by atoms with van der Waals surface area (Å²) in [4.78, 5) is 54.3. The SMILES string of the molecule is C.CC(=O)CNCCCCCS(=O)(=O)CC(c1ccc(F)c(OCC2CC2)c1)C(C)(C)C.CC(C)(C)C(CS(=O)(=O)CCCCCN)c1ccc(F)c(OCC2CC2)c1.CC(C)(C)C(CS(=O)(=O)CCCCCN1CC(=O)NC1=O)c1ccc(F)c(OCC2CC2)c1.CCOC(=O)C=O. The lowest BCUT2D eigenvalue weighted by molar-refractivity contribution is -0.148. The Morgan fingerprint density at radius 2 is 0.939 bits per heavy atom. The molecule has 3 amide bonds. The summed E-state index contributed by atoms with van der Waals surface area (Å²) in [6.45, 7) is 25.2. The maximum Gasteiger partial charge on any atom is 0.371 e. The summed E-state index contributed by atoms with van der Waals surface area (Å²) in [5.74, 6) is -0.402. The van der Waals surface area contributed by atoms with Gasteiger partial charge in [-0.3, -0.25) is 19.7 Å². The minimum Gasteiger partial charge on any atom is -0.490 e. The predicted molar refractivity (Wildman–Crippen MR) is 385 cm³/mol. The fraction of sp³-hybridized carbons (Fsp3) is 0.689. The number of nitrogens with zero attached hydrogens (tertiary/aromatic N) is 1. The molecule has 99 heavy (non-hydrogen) atoms. The summed E-state index contributed by atoms with van der Waals surface area (Å²) in [5.41, 5.74) is 6.96. The molecule has 3 aromatic rings. The van der Waals surface area contributed by atoms with E-state index in [-0.39, 0.29) is 130 Å². The number of ether oxygens (including phenoxy) is 4. The van der Waals surface area contributed by atoms with Gasteiger partial charge >= 0.3 is 12.0 Å². The van der Waals surface area contributed by atoms with E-state index in [0.717, 1.165) is 80.9 Å². The first-order valence-corrected chi connectivity index (χ1v) is 40.3. The molecule has 0 bridgehead atoms. The highest BCUT2D eigenvalue weighted by atomic mass is 32.2. The van der Waals surface area contributed by atoms with Gasteiger partial charge in [0, 0.05) is 24.3 Å². The smallest absolute Gasteiger partial charge is 0.371 e. The lowest BCUT2D eigenvalue weighted by Gasteiger charge is -2.31. The van der Waals surface area contributed by atoms with Crippen LogP contribution in [-0.4, -0.2) is 154 Å². The number of hydrogen-bond donors (Lipinski definition) is 3. The number of urea groups is 1. The van der Waals surface area contributed by atoms with Crippen molar-refractivity contribution in [1.29, 1.82) is 0 Å². The number of carbonyl (C=O) groups excluding carboxylic acids is 5. The molecule has 4 aliphatic rings. The molecule has 1 aliphatic heterocycles. The number of nitrogens with one attached hydrogen (secondary N) is 2. The van der Waals surface area contributed by atoms with E-state index in [4.69, 9.17) is 19.9 Å². The topological polar surface area (TPSA) is 278 Å². The predicted octanol–water partition coefficient (Wildman–Crippen LogP) is 13.1. The Labute approximate surface area is 590 Å². The Balaban J connectivity index is 0.000000367. The van der Waals surface area contributed by atoms with Crippen molar-refractivity contribution in [2.24, 2.45) is 39.7 Å². The van der Waals surface area contributed by atoms with Crippen LogP contribution in [0.3, 0.4) is 0 Å². The number of nitrogens with two attached hydrogens (primary N) is 1. The molecule has 3 aromatic carbocycles. The molecule has 3 aliphatic carbocycles. The van der Waals surface area contributed by atoms with Gasteiger partial charge in [0.15, 0.2) is 64.2 Å². The minimum absolute atomic E-state index is 0. The van der Waals surface area contributed by atoms with Crippen molar-refractivity contribution < 1.29 is 81.3 Å². The molecule has 0 spiro atoms. The first-order chi connectivity index (χ1) is 45.8. The zero-order valence-corrected chi connectivity index (χ0v) is 62.4. The molecule has 3 unspecified atom stereocenters. The first-order valence-electron chi connectivity index (χ1n) is 34.8. The van der Waals surface area contributed by atoms with Crippen molar-refractivity contribution in [3.05, 3.63) is 88.7 Å². The number of carbonyl (C=O) groups is 5. The van der Waals surface area contributed by atoms with E-state index < -0.39 is 52.9 Å². The highest BCUT2D eigenvalue weighted by molar-refractivity contribution is 7.91. The third-order valence-corrected chi connectivity index (χ3v) is 22.7. The molecule has 1 saturated heterocycles. The van der Waals surface area contributed by atoms with Gasteiger partial charge in [-0.25, -0.2) is 48.0 Å². The number of rotatable bonds is 39. The number of amides is 3. The van der Waals surface area contributed by atoms with Gasteiger partial charge in [0.05, 0.1) is 67.5 Å². The van der Waals surface area contributed by atoms with E-state index in [9.17, 15) is 62.4 Å². The van der Waals surface area contributed by atoms with E-state index in [2.05, 4.69) is 15.4 Å². The molecule has 19 nitrogen and oxygen atoms in total. The highest BCUT2D eigenvalue weighted by Crippen LogP contribution is 2.42. The second kappa shape index (κ2) is 41.5. The Morgan fingerprint density at radius 1 is 0.586 bits per heavy atom. The molecule has 1 heterocycles. The number of hydrogen-bond acceptors (Lipinski definition) is 17. The number of imide groups is 1. The van der Waals surface area contributed by atoms with Crippen molar-refractivity contribution in [3.63, 3.8) is 0 Å². The number of esters is 1. The van der Waals surface area contributed by atoms with Gasteiger partial charge in [-0.1, -0.05) is 107 Å². The minimum atomic E-state index is -3.35. The number of unbranched alkanes of at least 4 members (excludes halogenated alkanes) is 6.